The molecule has 8 heteroatoms. The van der Waals surface area contributed by atoms with Crippen LogP contribution in [0.15, 0.2) is 12.1 Å². The van der Waals surface area contributed by atoms with Crippen molar-refractivity contribution in [1.82, 2.24) is 4.98 Å². The number of nitrogen functional groups attached to an aromatic ring is 1. The summed E-state index contributed by atoms with van der Waals surface area (Å²) in [6.07, 6.45) is 0.818. The minimum absolute atomic E-state index is 0.0818. The van der Waals surface area contributed by atoms with Gasteiger partial charge in [-0.15, -0.1) is 0 Å². The van der Waals surface area contributed by atoms with E-state index in [-0.39, 0.29) is 11.5 Å². The molecule has 0 aliphatic carbocycles. The summed E-state index contributed by atoms with van der Waals surface area (Å²) in [5.41, 5.74) is 5.43. The molecule has 0 unspecified atom stereocenters. The number of aromatic nitrogens is 1. The first-order valence-corrected chi connectivity index (χ1v) is 6.24. The van der Waals surface area contributed by atoms with Crippen molar-refractivity contribution in [3.05, 3.63) is 22.2 Å². The number of rotatable bonds is 9. The van der Waals surface area contributed by atoms with E-state index in [2.05, 4.69) is 4.98 Å². The summed E-state index contributed by atoms with van der Waals surface area (Å²) in [5.74, 6) is 0.517. The Labute approximate surface area is 117 Å². The molecule has 0 bridgehead atoms. The summed E-state index contributed by atoms with van der Waals surface area (Å²) in [7, 11) is 3.26. The zero-order chi connectivity index (χ0) is 15.0. The molecule has 0 aliphatic rings. The zero-order valence-electron chi connectivity index (χ0n) is 11.7. The average molecular weight is 284 g/mol. The Morgan fingerprint density at radius 3 is 2.55 bits per heavy atom. The van der Waals surface area contributed by atoms with Gasteiger partial charge in [0.15, 0.2) is 0 Å². The first-order chi connectivity index (χ1) is 9.60. The van der Waals surface area contributed by atoms with Gasteiger partial charge in [-0.3, -0.25) is 10.1 Å². The molecule has 112 valence electrons. The summed E-state index contributed by atoms with van der Waals surface area (Å²) in [6.45, 7) is 2.50. The predicted octanol–water partition coefficient (Wildman–Crippen LogP) is 1.06. The average Bonchev–Trinajstić information content (AvgIpc) is 2.42. The van der Waals surface area contributed by atoms with Crippen LogP contribution in [0.1, 0.15) is 6.42 Å². The van der Waals surface area contributed by atoms with Crippen LogP contribution in [0.5, 0.6) is 0 Å². The number of methoxy groups -OCH3 is 2. The minimum atomic E-state index is -0.545. The third kappa shape index (κ3) is 4.63. The van der Waals surface area contributed by atoms with E-state index in [1.165, 1.54) is 6.07 Å². The molecule has 0 amide bonds. The van der Waals surface area contributed by atoms with Crippen LogP contribution in [0.25, 0.3) is 0 Å². The van der Waals surface area contributed by atoms with Gasteiger partial charge in [0, 0.05) is 40.0 Å². The Bertz CT molecular complexity index is 441. The lowest BCUT2D eigenvalue weighted by Gasteiger charge is -2.23. The third-order valence-electron chi connectivity index (χ3n) is 2.75. The van der Waals surface area contributed by atoms with Crippen LogP contribution in [0.2, 0.25) is 0 Å². The van der Waals surface area contributed by atoms with E-state index in [1.54, 1.807) is 20.3 Å². The molecule has 8 nitrogen and oxygen atoms in total. The first-order valence-electron chi connectivity index (χ1n) is 6.24. The fourth-order valence-electron chi connectivity index (χ4n) is 1.73. The van der Waals surface area contributed by atoms with Gasteiger partial charge >= 0.3 is 5.69 Å². The SMILES string of the molecule is COCCCN(CCOC)c1ccc([N+](=O)[O-])c(N)n1. The predicted molar refractivity (Wildman–Crippen MR) is 75.9 cm³/mol. The number of nitrogens with zero attached hydrogens (tertiary/aromatic N) is 3. The first kappa shape index (κ1) is 16.1. The van der Waals surface area contributed by atoms with Crippen LogP contribution in [0.3, 0.4) is 0 Å². The fourth-order valence-corrected chi connectivity index (χ4v) is 1.73. The van der Waals surface area contributed by atoms with Crippen LogP contribution in [-0.4, -0.2) is 50.4 Å². The van der Waals surface area contributed by atoms with Gasteiger partial charge in [0.25, 0.3) is 0 Å². The van der Waals surface area contributed by atoms with Gasteiger partial charge in [0.05, 0.1) is 11.5 Å². The maximum absolute atomic E-state index is 10.7. The number of hydrogen-bond acceptors (Lipinski definition) is 7. The number of nitrogens with two attached hydrogens (primary N) is 1. The van der Waals surface area contributed by atoms with E-state index >= 15 is 0 Å². The number of ether oxygens (including phenoxy) is 2. The van der Waals surface area contributed by atoms with Gasteiger partial charge in [-0.25, -0.2) is 4.98 Å². The molecule has 0 aromatic carbocycles. The van der Waals surface area contributed by atoms with Crippen LogP contribution in [-0.2, 0) is 9.47 Å². The molecule has 2 N–H and O–H groups in total. The monoisotopic (exact) mass is 284 g/mol. The van der Waals surface area contributed by atoms with E-state index in [1.807, 2.05) is 4.90 Å². The molecule has 0 radical (unpaired) electrons. The molecule has 1 aromatic heterocycles. The van der Waals surface area contributed by atoms with Gasteiger partial charge in [0.1, 0.15) is 5.82 Å². The Kier molecular flexibility index (Phi) is 6.68. The highest BCUT2D eigenvalue weighted by molar-refractivity contribution is 5.57. The second-order valence-corrected chi connectivity index (χ2v) is 4.16. The second kappa shape index (κ2) is 8.28. The van der Waals surface area contributed by atoms with Crippen LogP contribution < -0.4 is 10.6 Å². The van der Waals surface area contributed by atoms with Crippen molar-refractivity contribution in [2.24, 2.45) is 0 Å². The van der Waals surface area contributed by atoms with Gasteiger partial charge in [-0.1, -0.05) is 0 Å². The normalized spacial score (nSPS) is 10.5. The Balaban J connectivity index is 2.83. The van der Waals surface area contributed by atoms with Crippen molar-refractivity contribution in [1.29, 1.82) is 0 Å². The molecule has 0 saturated carbocycles. The van der Waals surface area contributed by atoms with E-state index in [9.17, 15) is 10.1 Å². The lowest BCUT2D eigenvalue weighted by atomic mass is 10.3. The Morgan fingerprint density at radius 2 is 2.00 bits per heavy atom. The smallest absolute Gasteiger partial charge is 0.311 e. The topological polar surface area (TPSA) is 104 Å². The van der Waals surface area contributed by atoms with Crippen molar-refractivity contribution >= 4 is 17.3 Å². The summed E-state index contributed by atoms with van der Waals surface area (Å²) < 4.78 is 10.1. The van der Waals surface area contributed by atoms with Gasteiger partial charge in [0.2, 0.25) is 5.82 Å². The van der Waals surface area contributed by atoms with Crippen LogP contribution in [0, 0.1) is 10.1 Å². The van der Waals surface area contributed by atoms with Gasteiger partial charge < -0.3 is 20.1 Å². The van der Waals surface area contributed by atoms with Crippen molar-refractivity contribution < 1.29 is 14.4 Å². The highest BCUT2D eigenvalue weighted by Crippen LogP contribution is 2.23. The highest BCUT2D eigenvalue weighted by atomic mass is 16.6. The lowest BCUT2D eigenvalue weighted by molar-refractivity contribution is -0.384. The van der Waals surface area contributed by atoms with Crippen molar-refractivity contribution in [2.75, 3.05) is 51.2 Å². The van der Waals surface area contributed by atoms with Crippen LogP contribution in [0.4, 0.5) is 17.3 Å². The molecule has 1 aromatic rings. The van der Waals surface area contributed by atoms with Crippen molar-refractivity contribution in [3.8, 4) is 0 Å². The molecule has 1 rings (SSSR count). The zero-order valence-corrected chi connectivity index (χ0v) is 11.7. The summed E-state index contributed by atoms with van der Waals surface area (Å²) >= 11 is 0. The number of anilines is 2. The molecule has 0 spiro atoms. The highest BCUT2D eigenvalue weighted by Gasteiger charge is 2.15. The molecule has 0 atom stereocenters. The molecular weight excluding hydrogens is 264 g/mol. The molecule has 0 saturated heterocycles. The van der Waals surface area contributed by atoms with Gasteiger partial charge in [-0.05, 0) is 12.5 Å². The van der Waals surface area contributed by atoms with Crippen molar-refractivity contribution in [3.63, 3.8) is 0 Å². The van der Waals surface area contributed by atoms with Crippen LogP contribution >= 0.6 is 0 Å². The summed E-state index contributed by atoms with van der Waals surface area (Å²) in [5, 5.41) is 10.7. The summed E-state index contributed by atoms with van der Waals surface area (Å²) in [4.78, 5) is 16.2. The number of pyridine rings is 1. The molecule has 0 aliphatic heterocycles. The Hall–Kier alpha value is -1.93. The second-order valence-electron chi connectivity index (χ2n) is 4.16. The van der Waals surface area contributed by atoms with E-state index in [4.69, 9.17) is 15.2 Å². The molecule has 0 fully saturated rings. The molecule has 1 heterocycles. The molecule has 20 heavy (non-hydrogen) atoms. The number of hydrogen-bond donors (Lipinski definition) is 1. The van der Waals surface area contributed by atoms with E-state index in [0.717, 1.165) is 6.42 Å². The summed E-state index contributed by atoms with van der Waals surface area (Å²) in [6, 6.07) is 2.96. The van der Waals surface area contributed by atoms with E-state index in [0.29, 0.717) is 32.1 Å². The maximum Gasteiger partial charge on any atom is 0.311 e. The van der Waals surface area contributed by atoms with Crippen molar-refractivity contribution in [2.45, 2.75) is 6.42 Å². The maximum atomic E-state index is 10.7. The standard InChI is InChI=1S/C12H20N4O4/c1-19-8-3-6-15(7-9-20-2)11-5-4-10(16(17)18)12(13)14-11/h4-5H,3,6-9H2,1-2H3,(H2,13,14). The Morgan fingerprint density at radius 1 is 1.30 bits per heavy atom. The minimum Gasteiger partial charge on any atom is -0.385 e. The quantitative estimate of drug-likeness (QED) is 0.410. The third-order valence-corrected chi connectivity index (χ3v) is 2.75. The lowest BCUT2D eigenvalue weighted by Crippen LogP contribution is -2.30. The fraction of sp³-hybridized carbons (Fsp3) is 0.583. The largest absolute Gasteiger partial charge is 0.385 e. The molecular formula is C12H20N4O4. The van der Waals surface area contributed by atoms with Gasteiger partial charge in [-0.2, -0.15) is 0 Å². The number of nitro groups is 1. The van der Waals surface area contributed by atoms with E-state index < -0.39 is 4.92 Å².